The molecule has 2 fully saturated rings. The Bertz CT molecular complexity index is 612. The first-order valence-corrected chi connectivity index (χ1v) is 9.17. The Kier molecular flexibility index (Phi) is 8.01. The van der Waals surface area contributed by atoms with Crippen molar-refractivity contribution < 1.29 is 19.0 Å². The van der Waals surface area contributed by atoms with Gasteiger partial charge in [0.2, 0.25) is 11.7 Å². The summed E-state index contributed by atoms with van der Waals surface area (Å²) in [5.74, 6) is 1.85. The Labute approximate surface area is 167 Å². The van der Waals surface area contributed by atoms with Crippen molar-refractivity contribution in [3.63, 3.8) is 0 Å². The van der Waals surface area contributed by atoms with Gasteiger partial charge in [0.05, 0.1) is 27.8 Å². The van der Waals surface area contributed by atoms with Gasteiger partial charge in [0.25, 0.3) is 0 Å². The Balaban J connectivity index is 0.00000261. The second-order valence-corrected chi connectivity index (χ2v) is 6.78. The van der Waals surface area contributed by atoms with Crippen molar-refractivity contribution in [2.45, 2.75) is 18.9 Å². The monoisotopic (exact) mass is 399 g/mol. The molecule has 152 valence electrons. The molecule has 7 nitrogen and oxygen atoms in total. The number of likely N-dealkylation sites (tertiary alicyclic amines) is 1. The van der Waals surface area contributed by atoms with Gasteiger partial charge in [0.15, 0.2) is 11.5 Å². The lowest BCUT2D eigenvalue weighted by Crippen LogP contribution is -2.49. The number of rotatable bonds is 6. The summed E-state index contributed by atoms with van der Waals surface area (Å²) >= 11 is 0. The van der Waals surface area contributed by atoms with E-state index >= 15 is 0 Å². The summed E-state index contributed by atoms with van der Waals surface area (Å²) in [5.41, 5.74) is 0.870. The highest BCUT2D eigenvalue weighted by molar-refractivity contribution is 5.85. The van der Waals surface area contributed by atoms with E-state index in [1.165, 1.54) is 0 Å². The Morgan fingerprint density at radius 2 is 1.70 bits per heavy atom. The van der Waals surface area contributed by atoms with E-state index < -0.39 is 0 Å². The average molecular weight is 400 g/mol. The molecule has 2 saturated heterocycles. The van der Waals surface area contributed by atoms with E-state index in [-0.39, 0.29) is 18.3 Å². The zero-order chi connectivity index (χ0) is 18.5. The van der Waals surface area contributed by atoms with E-state index in [1.54, 1.807) is 21.3 Å². The molecule has 2 aliphatic heterocycles. The van der Waals surface area contributed by atoms with Crippen LogP contribution in [0.25, 0.3) is 0 Å². The smallest absolute Gasteiger partial charge is 0.227 e. The fourth-order valence-corrected chi connectivity index (χ4v) is 3.84. The number of nitrogens with zero attached hydrogens (tertiary/aromatic N) is 2. The number of halogens is 1. The topological polar surface area (TPSA) is 63.3 Å². The van der Waals surface area contributed by atoms with Crippen LogP contribution >= 0.6 is 12.4 Å². The molecule has 2 aliphatic rings. The van der Waals surface area contributed by atoms with Crippen molar-refractivity contribution in [1.29, 1.82) is 0 Å². The summed E-state index contributed by atoms with van der Waals surface area (Å²) in [5, 5.41) is 3.38. The number of benzene rings is 1. The molecule has 0 aliphatic carbocycles. The molecule has 0 spiro atoms. The van der Waals surface area contributed by atoms with Crippen molar-refractivity contribution >= 4 is 18.3 Å². The average Bonchev–Trinajstić information content (AvgIpc) is 3.18. The van der Waals surface area contributed by atoms with Gasteiger partial charge in [0, 0.05) is 45.3 Å². The minimum Gasteiger partial charge on any atom is -0.493 e. The maximum absolute atomic E-state index is 12.8. The number of hydrogen-bond acceptors (Lipinski definition) is 6. The number of piperazine rings is 1. The van der Waals surface area contributed by atoms with Crippen LogP contribution in [0.2, 0.25) is 0 Å². The molecule has 1 unspecified atom stereocenters. The van der Waals surface area contributed by atoms with Gasteiger partial charge in [0.1, 0.15) is 0 Å². The van der Waals surface area contributed by atoms with Crippen molar-refractivity contribution in [3.8, 4) is 17.2 Å². The minimum atomic E-state index is 0. The van der Waals surface area contributed by atoms with Crippen LogP contribution in [0, 0.1) is 0 Å². The summed E-state index contributed by atoms with van der Waals surface area (Å²) in [4.78, 5) is 17.3. The van der Waals surface area contributed by atoms with Gasteiger partial charge in [-0.25, -0.2) is 0 Å². The summed E-state index contributed by atoms with van der Waals surface area (Å²) in [6.45, 7) is 5.87. The second kappa shape index (κ2) is 10.0. The molecule has 27 heavy (non-hydrogen) atoms. The molecule has 0 saturated carbocycles. The van der Waals surface area contributed by atoms with Gasteiger partial charge in [-0.05, 0) is 24.1 Å². The number of amides is 1. The fraction of sp³-hybridized carbons (Fsp3) is 0.632. The van der Waals surface area contributed by atoms with E-state index in [0.717, 1.165) is 51.3 Å². The van der Waals surface area contributed by atoms with Gasteiger partial charge in [-0.3, -0.25) is 9.69 Å². The van der Waals surface area contributed by atoms with Crippen LogP contribution in [-0.4, -0.2) is 82.3 Å². The summed E-state index contributed by atoms with van der Waals surface area (Å²) in [6.07, 6.45) is 1.39. The molecule has 3 rings (SSSR count). The number of nitrogens with one attached hydrogen (secondary N) is 1. The highest BCUT2D eigenvalue weighted by atomic mass is 35.5. The molecule has 1 N–H and O–H groups in total. The van der Waals surface area contributed by atoms with E-state index in [4.69, 9.17) is 14.2 Å². The van der Waals surface area contributed by atoms with Crippen LogP contribution in [0.15, 0.2) is 12.1 Å². The van der Waals surface area contributed by atoms with E-state index in [0.29, 0.717) is 29.7 Å². The van der Waals surface area contributed by atoms with Crippen molar-refractivity contribution in [2.24, 2.45) is 0 Å². The van der Waals surface area contributed by atoms with Crippen molar-refractivity contribution in [2.75, 3.05) is 60.6 Å². The van der Waals surface area contributed by atoms with Gasteiger partial charge in [-0.1, -0.05) is 0 Å². The zero-order valence-electron chi connectivity index (χ0n) is 16.3. The van der Waals surface area contributed by atoms with Crippen LogP contribution in [0.1, 0.15) is 12.0 Å². The Morgan fingerprint density at radius 3 is 2.26 bits per heavy atom. The summed E-state index contributed by atoms with van der Waals surface area (Å²) in [7, 11) is 4.74. The molecule has 1 amide bonds. The highest BCUT2D eigenvalue weighted by Gasteiger charge is 2.31. The quantitative estimate of drug-likeness (QED) is 0.775. The third-order valence-corrected chi connectivity index (χ3v) is 5.26. The minimum absolute atomic E-state index is 0. The Morgan fingerprint density at radius 1 is 1.07 bits per heavy atom. The molecule has 1 aromatic carbocycles. The highest BCUT2D eigenvalue weighted by Crippen LogP contribution is 2.38. The number of ether oxygens (including phenoxy) is 3. The lowest BCUT2D eigenvalue weighted by atomic mass is 10.1. The van der Waals surface area contributed by atoms with Crippen LogP contribution in [0.5, 0.6) is 17.2 Å². The Hall–Kier alpha value is -1.70. The molecule has 0 radical (unpaired) electrons. The standard InChI is InChI=1S/C19H29N3O4.ClH/c1-24-16-10-14(11-17(25-2)19(16)26-3)12-18(23)22-7-4-15(13-22)21-8-5-20-6-9-21;/h10-11,15,20H,4-9,12-13H2,1-3H3;1H. The third-order valence-electron chi connectivity index (χ3n) is 5.26. The first-order valence-electron chi connectivity index (χ1n) is 9.17. The largest absolute Gasteiger partial charge is 0.493 e. The first-order chi connectivity index (χ1) is 12.7. The first kappa shape index (κ1) is 21.6. The van der Waals surface area contributed by atoms with Crippen LogP contribution < -0.4 is 19.5 Å². The molecule has 2 heterocycles. The van der Waals surface area contributed by atoms with E-state index in [2.05, 4.69) is 10.2 Å². The zero-order valence-corrected chi connectivity index (χ0v) is 17.1. The summed E-state index contributed by atoms with van der Waals surface area (Å²) < 4.78 is 16.1. The lowest BCUT2D eigenvalue weighted by Gasteiger charge is -2.32. The number of carbonyl (C=O) groups is 1. The van der Waals surface area contributed by atoms with Crippen LogP contribution in [0.4, 0.5) is 0 Å². The maximum Gasteiger partial charge on any atom is 0.227 e. The number of carbonyl (C=O) groups excluding carboxylic acids is 1. The normalized spacial score (nSPS) is 20.1. The molecule has 1 aromatic rings. The second-order valence-electron chi connectivity index (χ2n) is 6.78. The van der Waals surface area contributed by atoms with Crippen molar-refractivity contribution in [3.05, 3.63) is 17.7 Å². The number of methoxy groups -OCH3 is 3. The van der Waals surface area contributed by atoms with Crippen LogP contribution in [-0.2, 0) is 11.2 Å². The van der Waals surface area contributed by atoms with Gasteiger partial charge in [-0.2, -0.15) is 0 Å². The number of hydrogen-bond donors (Lipinski definition) is 1. The molecular weight excluding hydrogens is 370 g/mol. The van der Waals surface area contributed by atoms with Crippen molar-refractivity contribution in [1.82, 2.24) is 15.1 Å². The lowest BCUT2D eigenvalue weighted by molar-refractivity contribution is -0.129. The predicted octanol–water partition coefficient (Wildman–Crippen LogP) is 1.18. The van der Waals surface area contributed by atoms with Crippen LogP contribution in [0.3, 0.4) is 0 Å². The van der Waals surface area contributed by atoms with E-state index in [1.807, 2.05) is 17.0 Å². The van der Waals surface area contributed by atoms with Gasteiger partial charge in [-0.15, -0.1) is 12.4 Å². The fourth-order valence-electron chi connectivity index (χ4n) is 3.84. The predicted molar refractivity (Wildman–Crippen MR) is 106 cm³/mol. The van der Waals surface area contributed by atoms with E-state index in [9.17, 15) is 4.79 Å². The third kappa shape index (κ3) is 4.97. The molecule has 1 atom stereocenters. The summed E-state index contributed by atoms with van der Waals surface area (Å²) in [6, 6.07) is 4.19. The van der Waals surface area contributed by atoms with Gasteiger partial charge >= 0.3 is 0 Å². The van der Waals surface area contributed by atoms with Gasteiger partial charge < -0.3 is 24.4 Å². The molecule has 0 aromatic heterocycles. The molecule has 8 heteroatoms. The molecule has 0 bridgehead atoms. The SMILES string of the molecule is COc1cc(CC(=O)N2CCC(N3CCNCC3)C2)cc(OC)c1OC.Cl. The maximum atomic E-state index is 12.8. The molecular formula is C19H30ClN3O4.